The second-order valence-corrected chi connectivity index (χ2v) is 5.70. The lowest BCUT2D eigenvalue weighted by Gasteiger charge is -2.36. The maximum absolute atomic E-state index is 12.6. The molecule has 1 unspecified atom stereocenters. The summed E-state index contributed by atoms with van der Waals surface area (Å²) in [7, 11) is 1.59. The monoisotopic (exact) mass is 293 g/mol. The van der Waals surface area contributed by atoms with Crippen molar-refractivity contribution in [1.29, 1.82) is 0 Å². The maximum atomic E-state index is 12.6. The predicted molar refractivity (Wildman–Crippen MR) is 79.0 cm³/mol. The van der Waals surface area contributed by atoms with Crippen molar-refractivity contribution >= 4 is 11.8 Å². The lowest BCUT2D eigenvalue weighted by molar-refractivity contribution is -0.126. The van der Waals surface area contributed by atoms with E-state index < -0.39 is 6.04 Å². The van der Waals surface area contributed by atoms with Crippen LogP contribution in [0.25, 0.3) is 0 Å². The Bertz CT molecular complexity index is 510. The maximum Gasteiger partial charge on any atom is 0.271 e. The summed E-state index contributed by atoms with van der Waals surface area (Å²) in [5.74, 6) is 0.108. The smallest absolute Gasteiger partial charge is 0.271 e. The third-order valence-corrected chi connectivity index (χ3v) is 3.53. The van der Waals surface area contributed by atoms with Gasteiger partial charge in [-0.3, -0.25) is 9.59 Å². The summed E-state index contributed by atoms with van der Waals surface area (Å²) < 4.78 is 6.78. The highest BCUT2D eigenvalue weighted by molar-refractivity contribution is 5.97. The van der Waals surface area contributed by atoms with Crippen LogP contribution in [0.4, 0.5) is 0 Å². The van der Waals surface area contributed by atoms with Crippen LogP contribution in [0.3, 0.4) is 0 Å². The SMILES string of the molecule is COCCNC(=O)C1Cn2cccc2C(=O)N1CC(C)C. The number of ether oxygens (including phenoxy) is 1. The van der Waals surface area contributed by atoms with Gasteiger partial charge in [-0.2, -0.15) is 0 Å². The number of fused-ring (bicyclic) bond motifs is 1. The molecule has 1 aliphatic heterocycles. The van der Waals surface area contributed by atoms with Crippen molar-refractivity contribution in [2.24, 2.45) is 5.92 Å². The summed E-state index contributed by atoms with van der Waals surface area (Å²) in [4.78, 5) is 26.6. The van der Waals surface area contributed by atoms with Crippen molar-refractivity contribution in [2.45, 2.75) is 26.4 Å². The second kappa shape index (κ2) is 6.76. The van der Waals surface area contributed by atoms with Crippen LogP contribution in [-0.4, -0.2) is 54.1 Å². The van der Waals surface area contributed by atoms with E-state index >= 15 is 0 Å². The highest BCUT2D eigenvalue weighted by Gasteiger charge is 2.36. The molecule has 0 bridgehead atoms. The zero-order valence-electron chi connectivity index (χ0n) is 12.8. The minimum atomic E-state index is -0.461. The van der Waals surface area contributed by atoms with Crippen molar-refractivity contribution in [3.63, 3.8) is 0 Å². The number of nitrogens with zero attached hydrogens (tertiary/aromatic N) is 2. The third kappa shape index (κ3) is 3.44. The first kappa shape index (κ1) is 15.6. The molecule has 2 rings (SSSR count). The van der Waals surface area contributed by atoms with E-state index in [1.807, 2.05) is 30.7 Å². The molecule has 2 amide bonds. The highest BCUT2D eigenvalue weighted by Crippen LogP contribution is 2.20. The van der Waals surface area contributed by atoms with Crippen LogP contribution >= 0.6 is 0 Å². The van der Waals surface area contributed by atoms with E-state index in [-0.39, 0.29) is 11.8 Å². The molecule has 0 aliphatic carbocycles. The minimum absolute atomic E-state index is 0.0770. The van der Waals surface area contributed by atoms with Gasteiger partial charge in [0.2, 0.25) is 5.91 Å². The summed E-state index contributed by atoms with van der Waals surface area (Å²) in [6.45, 7) is 6.08. The molecular weight excluding hydrogens is 270 g/mol. The minimum Gasteiger partial charge on any atom is -0.383 e. The number of carbonyl (C=O) groups excluding carboxylic acids is 2. The van der Waals surface area contributed by atoms with Crippen molar-refractivity contribution in [1.82, 2.24) is 14.8 Å². The fourth-order valence-corrected chi connectivity index (χ4v) is 2.56. The Morgan fingerprint density at radius 3 is 2.95 bits per heavy atom. The summed E-state index contributed by atoms with van der Waals surface area (Å²) in [5.41, 5.74) is 0.650. The van der Waals surface area contributed by atoms with Gasteiger partial charge >= 0.3 is 0 Å². The summed E-state index contributed by atoms with van der Waals surface area (Å²) in [6, 6.07) is 3.18. The number of amides is 2. The van der Waals surface area contributed by atoms with Crippen molar-refractivity contribution in [2.75, 3.05) is 26.8 Å². The van der Waals surface area contributed by atoms with E-state index in [2.05, 4.69) is 5.32 Å². The fourth-order valence-electron chi connectivity index (χ4n) is 2.56. The number of hydrogen-bond donors (Lipinski definition) is 1. The second-order valence-electron chi connectivity index (χ2n) is 5.70. The van der Waals surface area contributed by atoms with E-state index in [0.29, 0.717) is 37.9 Å². The zero-order chi connectivity index (χ0) is 15.4. The lowest BCUT2D eigenvalue weighted by atomic mass is 10.1. The Balaban J connectivity index is 2.16. The average molecular weight is 293 g/mol. The van der Waals surface area contributed by atoms with Crippen LogP contribution in [0.2, 0.25) is 0 Å². The quantitative estimate of drug-likeness (QED) is 0.787. The molecule has 0 saturated heterocycles. The Kier molecular flexibility index (Phi) is 5.01. The lowest BCUT2D eigenvalue weighted by Crippen LogP contribution is -2.56. The van der Waals surface area contributed by atoms with Gasteiger partial charge in [0.25, 0.3) is 5.91 Å². The Morgan fingerprint density at radius 2 is 2.29 bits per heavy atom. The molecule has 116 valence electrons. The number of hydrogen-bond acceptors (Lipinski definition) is 3. The fraction of sp³-hybridized carbons (Fsp3) is 0.600. The molecule has 1 aromatic rings. The molecule has 1 N–H and O–H groups in total. The van der Waals surface area contributed by atoms with Gasteiger partial charge in [-0.15, -0.1) is 0 Å². The van der Waals surface area contributed by atoms with E-state index in [1.165, 1.54) is 0 Å². The summed E-state index contributed by atoms with van der Waals surface area (Å²) in [5, 5.41) is 2.83. The van der Waals surface area contributed by atoms with Crippen LogP contribution < -0.4 is 5.32 Å². The Morgan fingerprint density at radius 1 is 1.52 bits per heavy atom. The molecule has 21 heavy (non-hydrogen) atoms. The van der Waals surface area contributed by atoms with Gasteiger partial charge < -0.3 is 19.5 Å². The molecule has 2 heterocycles. The summed E-state index contributed by atoms with van der Waals surface area (Å²) >= 11 is 0. The van der Waals surface area contributed by atoms with Crippen LogP contribution in [0.1, 0.15) is 24.3 Å². The first-order chi connectivity index (χ1) is 10.0. The third-order valence-electron chi connectivity index (χ3n) is 3.53. The standard InChI is InChI=1S/C15H23N3O3/c1-11(2)9-18-13(14(19)16-6-8-21-3)10-17-7-4-5-12(17)15(18)20/h4-5,7,11,13H,6,8-10H2,1-3H3,(H,16,19). The molecule has 0 saturated carbocycles. The van der Waals surface area contributed by atoms with Crippen molar-refractivity contribution < 1.29 is 14.3 Å². The molecule has 0 fully saturated rings. The molecular formula is C15H23N3O3. The molecule has 1 atom stereocenters. The van der Waals surface area contributed by atoms with Gasteiger partial charge in [0.15, 0.2) is 0 Å². The normalized spacial score (nSPS) is 18.0. The molecule has 6 nitrogen and oxygen atoms in total. The first-order valence-corrected chi connectivity index (χ1v) is 7.27. The van der Waals surface area contributed by atoms with Crippen LogP contribution in [0.5, 0.6) is 0 Å². The van der Waals surface area contributed by atoms with Gasteiger partial charge in [-0.05, 0) is 18.1 Å². The largest absolute Gasteiger partial charge is 0.383 e. The van der Waals surface area contributed by atoms with Gasteiger partial charge in [-0.25, -0.2) is 0 Å². The van der Waals surface area contributed by atoms with E-state index in [1.54, 1.807) is 18.1 Å². The number of nitrogens with one attached hydrogen (secondary N) is 1. The van der Waals surface area contributed by atoms with Gasteiger partial charge in [-0.1, -0.05) is 13.8 Å². The van der Waals surface area contributed by atoms with Gasteiger partial charge in [0, 0.05) is 26.4 Å². The van der Waals surface area contributed by atoms with E-state index in [0.717, 1.165) is 0 Å². The number of carbonyl (C=O) groups is 2. The van der Waals surface area contributed by atoms with Gasteiger partial charge in [0.05, 0.1) is 13.2 Å². The average Bonchev–Trinajstić information content (AvgIpc) is 2.90. The Labute approximate surface area is 125 Å². The zero-order valence-corrected chi connectivity index (χ0v) is 12.8. The van der Waals surface area contributed by atoms with Crippen molar-refractivity contribution in [3.8, 4) is 0 Å². The first-order valence-electron chi connectivity index (χ1n) is 7.27. The van der Waals surface area contributed by atoms with E-state index in [4.69, 9.17) is 4.74 Å². The molecule has 0 spiro atoms. The number of methoxy groups -OCH3 is 1. The Hall–Kier alpha value is -1.82. The van der Waals surface area contributed by atoms with Crippen LogP contribution in [-0.2, 0) is 16.1 Å². The number of aromatic nitrogens is 1. The molecule has 6 heteroatoms. The topological polar surface area (TPSA) is 63.6 Å². The van der Waals surface area contributed by atoms with E-state index in [9.17, 15) is 9.59 Å². The van der Waals surface area contributed by atoms with Crippen LogP contribution in [0, 0.1) is 5.92 Å². The molecule has 1 aliphatic rings. The summed E-state index contributed by atoms with van der Waals surface area (Å²) in [6.07, 6.45) is 1.84. The van der Waals surface area contributed by atoms with Crippen LogP contribution in [0.15, 0.2) is 18.3 Å². The number of rotatable bonds is 6. The van der Waals surface area contributed by atoms with Crippen molar-refractivity contribution in [3.05, 3.63) is 24.0 Å². The molecule has 0 radical (unpaired) electrons. The molecule has 0 aromatic carbocycles. The molecule has 1 aromatic heterocycles. The predicted octanol–water partition coefficient (Wildman–Crippen LogP) is 0.731. The van der Waals surface area contributed by atoms with Gasteiger partial charge in [0.1, 0.15) is 11.7 Å². The highest BCUT2D eigenvalue weighted by atomic mass is 16.5.